The van der Waals surface area contributed by atoms with E-state index >= 15 is 0 Å². The van der Waals surface area contributed by atoms with E-state index in [2.05, 4.69) is 41.3 Å². The molecule has 2 heterocycles. The molecule has 0 saturated carbocycles. The summed E-state index contributed by atoms with van der Waals surface area (Å²) in [6.07, 6.45) is 3.30. The second-order valence-electron chi connectivity index (χ2n) is 7.20. The Bertz CT molecular complexity index is 592. The fraction of sp³-hybridized carbons (Fsp3) is 0.611. The highest BCUT2D eigenvalue weighted by Gasteiger charge is 2.17. The predicted octanol–water partition coefficient (Wildman–Crippen LogP) is 1.19. The van der Waals surface area contributed by atoms with E-state index in [0.29, 0.717) is 12.1 Å². The van der Waals surface area contributed by atoms with Gasteiger partial charge >= 0.3 is 6.03 Å². The SMILES string of the molecule is CC(C)(C)c1cncc(C(=O)CNC(=O)NCCN2CCOCC2)c1. The summed E-state index contributed by atoms with van der Waals surface area (Å²) in [5, 5.41) is 5.38. The van der Waals surface area contributed by atoms with Crippen LogP contribution in [0.5, 0.6) is 0 Å². The number of rotatable bonds is 6. The van der Waals surface area contributed by atoms with E-state index in [-0.39, 0.29) is 23.8 Å². The maximum absolute atomic E-state index is 12.2. The smallest absolute Gasteiger partial charge is 0.315 e. The van der Waals surface area contributed by atoms with Crippen molar-refractivity contribution in [3.8, 4) is 0 Å². The van der Waals surface area contributed by atoms with E-state index in [9.17, 15) is 9.59 Å². The Hall–Kier alpha value is -1.99. The minimum absolute atomic E-state index is 0.0430. The first-order valence-corrected chi connectivity index (χ1v) is 8.67. The maximum atomic E-state index is 12.2. The van der Waals surface area contributed by atoms with Crippen LogP contribution < -0.4 is 10.6 Å². The molecule has 1 fully saturated rings. The van der Waals surface area contributed by atoms with Crippen molar-refractivity contribution in [2.75, 3.05) is 45.9 Å². The molecule has 2 rings (SSSR count). The van der Waals surface area contributed by atoms with Crippen LogP contribution in [0.4, 0.5) is 4.79 Å². The normalized spacial score (nSPS) is 15.6. The number of morpholine rings is 1. The number of carbonyl (C=O) groups excluding carboxylic acids is 2. The Balaban J connectivity index is 1.73. The summed E-state index contributed by atoms with van der Waals surface area (Å²) in [4.78, 5) is 30.4. The number of nitrogens with one attached hydrogen (secondary N) is 2. The number of pyridine rings is 1. The van der Waals surface area contributed by atoms with Gasteiger partial charge in [0.2, 0.25) is 0 Å². The van der Waals surface area contributed by atoms with Gasteiger partial charge in [-0.15, -0.1) is 0 Å². The summed E-state index contributed by atoms with van der Waals surface area (Å²) < 4.78 is 5.28. The molecule has 1 aliphatic heterocycles. The average molecular weight is 348 g/mol. The van der Waals surface area contributed by atoms with Crippen molar-refractivity contribution >= 4 is 11.8 Å². The van der Waals surface area contributed by atoms with Crippen LogP contribution in [0.2, 0.25) is 0 Å². The monoisotopic (exact) mass is 348 g/mol. The van der Waals surface area contributed by atoms with E-state index in [0.717, 1.165) is 38.4 Å². The third-order valence-corrected chi connectivity index (χ3v) is 4.15. The number of amides is 2. The number of Topliss-reactive ketones (excluding diaryl/α,β-unsaturated/α-hetero) is 1. The lowest BCUT2D eigenvalue weighted by atomic mass is 9.87. The van der Waals surface area contributed by atoms with Gasteiger partial charge in [0.1, 0.15) is 0 Å². The fourth-order valence-corrected chi connectivity index (χ4v) is 2.48. The third kappa shape index (κ3) is 6.43. The molecule has 0 atom stereocenters. The molecule has 1 aromatic heterocycles. The van der Waals surface area contributed by atoms with Crippen molar-refractivity contribution in [1.29, 1.82) is 0 Å². The Morgan fingerprint density at radius 3 is 2.60 bits per heavy atom. The molecule has 0 aromatic carbocycles. The second-order valence-corrected chi connectivity index (χ2v) is 7.20. The summed E-state index contributed by atoms with van der Waals surface area (Å²) in [5.74, 6) is -0.151. The molecule has 7 heteroatoms. The topological polar surface area (TPSA) is 83.6 Å². The van der Waals surface area contributed by atoms with Gasteiger partial charge in [-0.3, -0.25) is 14.7 Å². The first kappa shape index (κ1) is 19.3. The Morgan fingerprint density at radius 1 is 1.20 bits per heavy atom. The molecule has 2 N–H and O–H groups in total. The molecule has 7 nitrogen and oxygen atoms in total. The van der Waals surface area contributed by atoms with Crippen LogP contribution in [-0.4, -0.2) is 67.6 Å². The highest BCUT2D eigenvalue weighted by molar-refractivity contribution is 5.99. The number of nitrogens with zero attached hydrogens (tertiary/aromatic N) is 2. The Labute approximate surface area is 149 Å². The number of ketones is 1. The quantitative estimate of drug-likeness (QED) is 0.755. The number of carbonyl (C=O) groups is 2. The molecular formula is C18H28N4O3. The van der Waals surface area contributed by atoms with E-state index < -0.39 is 0 Å². The standard InChI is InChI=1S/C18H28N4O3/c1-18(2,3)15-10-14(11-19-12-15)16(23)13-21-17(24)20-4-5-22-6-8-25-9-7-22/h10-12H,4-9,13H2,1-3H3,(H2,20,21,24). The first-order chi connectivity index (χ1) is 11.9. The van der Waals surface area contributed by atoms with Crippen molar-refractivity contribution < 1.29 is 14.3 Å². The number of urea groups is 1. The fourth-order valence-electron chi connectivity index (χ4n) is 2.48. The first-order valence-electron chi connectivity index (χ1n) is 8.67. The number of hydrogen-bond donors (Lipinski definition) is 2. The third-order valence-electron chi connectivity index (χ3n) is 4.15. The van der Waals surface area contributed by atoms with E-state index in [4.69, 9.17) is 4.74 Å². The van der Waals surface area contributed by atoms with Crippen molar-refractivity contribution in [3.63, 3.8) is 0 Å². The summed E-state index contributed by atoms with van der Waals surface area (Å²) in [6.45, 7) is 10.7. The molecule has 2 amide bonds. The van der Waals surface area contributed by atoms with Crippen molar-refractivity contribution in [1.82, 2.24) is 20.5 Å². The van der Waals surface area contributed by atoms with Crippen molar-refractivity contribution in [2.45, 2.75) is 26.2 Å². The number of aromatic nitrogens is 1. The molecule has 1 aromatic rings. The van der Waals surface area contributed by atoms with Crippen LogP contribution in [0.3, 0.4) is 0 Å². The zero-order chi connectivity index (χ0) is 18.3. The summed E-state index contributed by atoms with van der Waals surface area (Å²) in [5.41, 5.74) is 1.43. The van der Waals surface area contributed by atoms with Gasteiger partial charge in [0.25, 0.3) is 0 Å². The zero-order valence-electron chi connectivity index (χ0n) is 15.3. The predicted molar refractivity (Wildman–Crippen MR) is 95.9 cm³/mol. The van der Waals surface area contributed by atoms with Crippen LogP contribution in [0.25, 0.3) is 0 Å². The van der Waals surface area contributed by atoms with Gasteiger partial charge in [0.05, 0.1) is 19.8 Å². The van der Waals surface area contributed by atoms with Gasteiger partial charge in [0.15, 0.2) is 5.78 Å². The molecule has 0 bridgehead atoms. The minimum Gasteiger partial charge on any atom is -0.379 e. The summed E-state index contributed by atoms with van der Waals surface area (Å²) in [7, 11) is 0. The second kappa shape index (κ2) is 8.92. The van der Waals surface area contributed by atoms with Crippen LogP contribution in [-0.2, 0) is 10.2 Å². The average Bonchev–Trinajstić information content (AvgIpc) is 2.60. The van der Waals surface area contributed by atoms with Crippen LogP contribution in [0.15, 0.2) is 18.5 Å². The highest BCUT2D eigenvalue weighted by Crippen LogP contribution is 2.21. The molecule has 0 unspecified atom stereocenters. The van der Waals surface area contributed by atoms with E-state index in [1.807, 2.05) is 6.07 Å². The van der Waals surface area contributed by atoms with Crippen LogP contribution in [0.1, 0.15) is 36.7 Å². The molecule has 0 aliphatic carbocycles. The van der Waals surface area contributed by atoms with Crippen LogP contribution >= 0.6 is 0 Å². The highest BCUT2D eigenvalue weighted by atomic mass is 16.5. The molecule has 25 heavy (non-hydrogen) atoms. The molecule has 0 spiro atoms. The maximum Gasteiger partial charge on any atom is 0.315 e. The number of hydrogen-bond acceptors (Lipinski definition) is 5. The van der Waals surface area contributed by atoms with Gasteiger partial charge in [-0.05, 0) is 17.0 Å². The van der Waals surface area contributed by atoms with Gasteiger partial charge in [-0.25, -0.2) is 4.79 Å². The minimum atomic E-state index is -0.332. The molecule has 1 saturated heterocycles. The van der Waals surface area contributed by atoms with Gasteiger partial charge in [0, 0.05) is 44.1 Å². The van der Waals surface area contributed by atoms with Gasteiger partial charge in [-0.1, -0.05) is 20.8 Å². The lowest BCUT2D eigenvalue weighted by Gasteiger charge is -2.26. The Morgan fingerprint density at radius 2 is 1.92 bits per heavy atom. The lowest BCUT2D eigenvalue weighted by Crippen LogP contribution is -2.44. The van der Waals surface area contributed by atoms with Crippen LogP contribution in [0, 0.1) is 0 Å². The molecule has 1 aliphatic rings. The van der Waals surface area contributed by atoms with Crippen molar-refractivity contribution in [2.24, 2.45) is 0 Å². The van der Waals surface area contributed by atoms with Gasteiger partial charge < -0.3 is 15.4 Å². The lowest BCUT2D eigenvalue weighted by molar-refractivity contribution is 0.0387. The largest absolute Gasteiger partial charge is 0.379 e. The molecule has 0 radical (unpaired) electrons. The van der Waals surface area contributed by atoms with Gasteiger partial charge in [-0.2, -0.15) is 0 Å². The summed E-state index contributed by atoms with van der Waals surface area (Å²) >= 11 is 0. The Kier molecular flexibility index (Phi) is 6.90. The van der Waals surface area contributed by atoms with E-state index in [1.54, 1.807) is 6.20 Å². The number of ether oxygens (including phenoxy) is 1. The molecule has 138 valence electrons. The summed E-state index contributed by atoms with van der Waals surface area (Å²) in [6, 6.07) is 1.51. The zero-order valence-corrected chi connectivity index (χ0v) is 15.3. The van der Waals surface area contributed by atoms with Crippen molar-refractivity contribution in [3.05, 3.63) is 29.6 Å². The van der Waals surface area contributed by atoms with E-state index in [1.165, 1.54) is 6.20 Å². The molecular weight excluding hydrogens is 320 g/mol.